The van der Waals surface area contributed by atoms with Crippen LogP contribution in [-0.4, -0.2) is 16.9 Å². The highest BCUT2D eigenvalue weighted by Crippen LogP contribution is 2.28. The lowest BCUT2D eigenvalue weighted by atomic mass is 10.1. The lowest BCUT2D eigenvalue weighted by Gasteiger charge is -2.10. The number of hydrogen-bond donors (Lipinski definition) is 1. The van der Waals surface area contributed by atoms with Crippen LogP contribution < -0.4 is 5.32 Å². The number of halogens is 1. The van der Waals surface area contributed by atoms with Crippen LogP contribution >= 0.6 is 0 Å². The van der Waals surface area contributed by atoms with Crippen molar-refractivity contribution in [3.8, 4) is 22.8 Å². The minimum atomic E-state index is -0.311. The average molecular weight is 324 g/mol. The Hall–Kier alpha value is -2.95. The summed E-state index contributed by atoms with van der Waals surface area (Å²) in [6.45, 7) is 3.80. The minimum absolute atomic E-state index is 0.0323. The van der Waals surface area contributed by atoms with E-state index in [9.17, 15) is 9.18 Å². The van der Waals surface area contributed by atoms with E-state index in [0.29, 0.717) is 22.8 Å². The van der Waals surface area contributed by atoms with Crippen LogP contribution in [0.3, 0.4) is 0 Å². The first-order valence-electron chi connectivity index (χ1n) is 7.66. The Kier molecular flexibility index (Phi) is 4.42. The molecule has 0 saturated heterocycles. The van der Waals surface area contributed by atoms with Gasteiger partial charge in [-0.15, -0.1) is 0 Å². The monoisotopic (exact) mass is 324 g/mol. The second kappa shape index (κ2) is 6.66. The number of hydrogen-bond acceptors (Lipinski definition) is 3. The molecule has 2 aromatic carbocycles. The SMILES string of the molecule is CC(C)NC(=O)c1ccccc1-c1ncc(-c2ccc(F)cc2)o1. The summed E-state index contributed by atoms with van der Waals surface area (Å²) in [5.74, 6) is 0.379. The molecule has 0 aliphatic rings. The second-order valence-corrected chi connectivity index (χ2v) is 5.71. The molecule has 0 aliphatic heterocycles. The molecule has 5 heteroatoms. The van der Waals surface area contributed by atoms with Gasteiger partial charge in [0.05, 0.1) is 11.8 Å². The van der Waals surface area contributed by atoms with Gasteiger partial charge in [0.2, 0.25) is 5.89 Å². The number of amides is 1. The predicted molar refractivity (Wildman–Crippen MR) is 89.9 cm³/mol. The number of nitrogens with zero attached hydrogens (tertiary/aromatic N) is 1. The zero-order chi connectivity index (χ0) is 17.1. The molecule has 1 N–H and O–H groups in total. The molecule has 0 unspecified atom stereocenters. The van der Waals surface area contributed by atoms with Gasteiger partial charge < -0.3 is 9.73 Å². The number of carbonyl (C=O) groups excluding carboxylic acids is 1. The maximum absolute atomic E-state index is 13.0. The van der Waals surface area contributed by atoms with E-state index in [0.717, 1.165) is 5.56 Å². The third-order valence-corrected chi connectivity index (χ3v) is 3.46. The van der Waals surface area contributed by atoms with Crippen LogP contribution in [0.5, 0.6) is 0 Å². The zero-order valence-corrected chi connectivity index (χ0v) is 13.4. The quantitative estimate of drug-likeness (QED) is 0.779. The van der Waals surface area contributed by atoms with E-state index in [1.165, 1.54) is 12.1 Å². The van der Waals surface area contributed by atoms with Crippen molar-refractivity contribution in [3.05, 3.63) is 66.1 Å². The Morgan fingerprint density at radius 3 is 2.54 bits per heavy atom. The molecule has 0 spiro atoms. The van der Waals surface area contributed by atoms with Gasteiger partial charge in [-0.25, -0.2) is 9.37 Å². The van der Waals surface area contributed by atoms with E-state index in [1.54, 1.807) is 36.5 Å². The van der Waals surface area contributed by atoms with Crippen LogP contribution in [0.4, 0.5) is 4.39 Å². The van der Waals surface area contributed by atoms with Crippen LogP contribution in [0.2, 0.25) is 0 Å². The minimum Gasteiger partial charge on any atom is -0.436 e. The maximum atomic E-state index is 13.0. The summed E-state index contributed by atoms with van der Waals surface area (Å²) < 4.78 is 18.8. The number of carbonyl (C=O) groups is 1. The first-order valence-corrected chi connectivity index (χ1v) is 7.66. The van der Waals surface area contributed by atoms with Gasteiger partial charge in [0.25, 0.3) is 5.91 Å². The van der Waals surface area contributed by atoms with Gasteiger partial charge in [0.1, 0.15) is 5.82 Å². The van der Waals surface area contributed by atoms with E-state index in [2.05, 4.69) is 10.3 Å². The Morgan fingerprint density at radius 1 is 1.12 bits per heavy atom. The standard InChI is InChI=1S/C19H17FN2O2/c1-12(2)22-18(23)15-5-3-4-6-16(15)19-21-11-17(24-19)13-7-9-14(20)10-8-13/h3-12H,1-2H3,(H,22,23). The lowest BCUT2D eigenvalue weighted by molar-refractivity contribution is 0.0943. The van der Waals surface area contributed by atoms with Gasteiger partial charge in [-0.2, -0.15) is 0 Å². The summed E-state index contributed by atoms with van der Waals surface area (Å²) in [6.07, 6.45) is 1.57. The van der Waals surface area contributed by atoms with E-state index >= 15 is 0 Å². The molecule has 122 valence electrons. The van der Waals surface area contributed by atoms with Crippen LogP contribution in [0.15, 0.2) is 59.1 Å². The molecule has 3 aromatic rings. The fourth-order valence-electron chi connectivity index (χ4n) is 2.35. The molecule has 0 saturated carbocycles. The normalized spacial score (nSPS) is 10.8. The van der Waals surface area contributed by atoms with Crippen LogP contribution in [0.1, 0.15) is 24.2 Å². The van der Waals surface area contributed by atoms with Crippen molar-refractivity contribution >= 4 is 5.91 Å². The van der Waals surface area contributed by atoms with E-state index in [4.69, 9.17) is 4.42 Å². The summed E-state index contributed by atoms with van der Waals surface area (Å²) in [7, 11) is 0. The van der Waals surface area contributed by atoms with Crippen LogP contribution in [-0.2, 0) is 0 Å². The third kappa shape index (κ3) is 3.35. The van der Waals surface area contributed by atoms with Crippen molar-refractivity contribution in [2.24, 2.45) is 0 Å². The fourth-order valence-corrected chi connectivity index (χ4v) is 2.35. The molecule has 0 radical (unpaired) electrons. The third-order valence-electron chi connectivity index (χ3n) is 3.46. The molecule has 0 atom stereocenters. The summed E-state index contributed by atoms with van der Waals surface area (Å²) in [5.41, 5.74) is 1.84. The molecular formula is C19H17FN2O2. The Balaban J connectivity index is 1.96. The summed E-state index contributed by atoms with van der Waals surface area (Å²) in [5, 5.41) is 2.86. The largest absolute Gasteiger partial charge is 0.436 e. The van der Waals surface area contributed by atoms with Gasteiger partial charge >= 0.3 is 0 Å². The van der Waals surface area contributed by atoms with Gasteiger partial charge in [-0.05, 0) is 50.2 Å². The second-order valence-electron chi connectivity index (χ2n) is 5.71. The van der Waals surface area contributed by atoms with Crippen LogP contribution in [0.25, 0.3) is 22.8 Å². The molecule has 1 heterocycles. The van der Waals surface area contributed by atoms with Crippen molar-refractivity contribution in [2.45, 2.75) is 19.9 Å². The molecule has 0 bridgehead atoms. The molecule has 1 aromatic heterocycles. The highest BCUT2D eigenvalue weighted by Gasteiger charge is 2.17. The number of benzene rings is 2. The van der Waals surface area contributed by atoms with Gasteiger partial charge in [0.15, 0.2) is 5.76 Å². The first kappa shape index (κ1) is 15.9. The average Bonchev–Trinajstić information content (AvgIpc) is 3.05. The number of rotatable bonds is 4. The predicted octanol–water partition coefficient (Wildman–Crippen LogP) is 4.29. The van der Waals surface area contributed by atoms with Crippen molar-refractivity contribution in [1.82, 2.24) is 10.3 Å². The Morgan fingerprint density at radius 2 is 1.83 bits per heavy atom. The topological polar surface area (TPSA) is 55.1 Å². The number of nitrogens with one attached hydrogen (secondary N) is 1. The van der Waals surface area contributed by atoms with E-state index in [1.807, 2.05) is 19.9 Å². The summed E-state index contributed by atoms with van der Waals surface area (Å²) in [6, 6.07) is 13.1. The summed E-state index contributed by atoms with van der Waals surface area (Å²) >= 11 is 0. The van der Waals surface area contributed by atoms with Crippen molar-refractivity contribution in [3.63, 3.8) is 0 Å². The smallest absolute Gasteiger partial charge is 0.252 e. The van der Waals surface area contributed by atoms with Gasteiger partial charge in [-0.3, -0.25) is 4.79 Å². The fraction of sp³-hybridized carbons (Fsp3) is 0.158. The van der Waals surface area contributed by atoms with Crippen molar-refractivity contribution < 1.29 is 13.6 Å². The van der Waals surface area contributed by atoms with E-state index < -0.39 is 0 Å². The molecular weight excluding hydrogens is 307 g/mol. The first-order chi connectivity index (χ1) is 11.5. The van der Waals surface area contributed by atoms with Crippen molar-refractivity contribution in [1.29, 1.82) is 0 Å². The molecule has 1 amide bonds. The van der Waals surface area contributed by atoms with Crippen LogP contribution in [0, 0.1) is 5.82 Å². The maximum Gasteiger partial charge on any atom is 0.252 e. The summed E-state index contributed by atoms with van der Waals surface area (Å²) in [4.78, 5) is 16.6. The zero-order valence-electron chi connectivity index (χ0n) is 13.4. The molecule has 0 fully saturated rings. The molecule has 24 heavy (non-hydrogen) atoms. The molecule has 0 aliphatic carbocycles. The Labute approximate surface area is 139 Å². The number of aromatic nitrogens is 1. The number of oxazole rings is 1. The molecule has 4 nitrogen and oxygen atoms in total. The van der Waals surface area contributed by atoms with E-state index in [-0.39, 0.29) is 17.8 Å². The molecule has 3 rings (SSSR count). The van der Waals surface area contributed by atoms with Gasteiger partial charge in [0, 0.05) is 17.2 Å². The Bertz CT molecular complexity index is 854. The highest BCUT2D eigenvalue weighted by molar-refractivity contribution is 6.00. The van der Waals surface area contributed by atoms with Crippen molar-refractivity contribution in [2.75, 3.05) is 0 Å². The lowest BCUT2D eigenvalue weighted by Crippen LogP contribution is -2.30. The van der Waals surface area contributed by atoms with Gasteiger partial charge in [-0.1, -0.05) is 12.1 Å². The highest BCUT2D eigenvalue weighted by atomic mass is 19.1.